The Morgan fingerprint density at radius 1 is 1.86 bits per heavy atom. The number of rotatable bonds is 1. The number of nitrogens with zero attached hydrogens (tertiary/aromatic N) is 1. The highest BCUT2D eigenvalue weighted by molar-refractivity contribution is 5.70. The van der Waals surface area contributed by atoms with Crippen molar-refractivity contribution in [1.82, 2.24) is 10.5 Å². The number of carbonyl (C=O) groups is 1. The van der Waals surface area contributed by atoms with E-state index in [2.05, 4.69) is 0 Å². The van der Waals surface area contributed by atoms with Crippen molar-refractivity contribution in [3.05, 3.63) is 0 Å². The van der Waals surface area contributed by atoms with Crippen molar-refractivity contribution in [3.8, 4) is 0 Å². The number of nitrogens with one attached hydrogen (secondary N) is 1. The Bertz CT molecular complexity index is 72.1. The molecular formula is C2H8N4O. The van der Waals surface area contributed by atoms with Gasteiger partial charge in [-0.1, -0.05) is 0 Å². The van der Waals surface area contributed by atoms with Gasteiger partial charge in [-0.15, -0.1) is 0 Å². The van der Waals surface area contributed by atoms with E-state index in [-0.39, 0.29) is 0 Å². The van der Waals surface area contributed by atoms with Crippen molar-refractivity contribution in [1.29, 1.82) is 0 Å². The summed E-state index contributed by atoms with van der Waals surface area (Å²) in [6, 6.07) is -0.609. The maximum Gasteiger partial charge on any atom is 0.329 e. The van der Waals surface area contributed by atoms with Gasteiger partial charge in [-0.05, 0) is 0 Å². The lowest BCUT2D eigenvalue weighted by atomic mass is 11.0. The predicted octanol–water partition coefficient (Wildman–Crippen LogP) is -1.62. The van der Waals surface area contributed by atoms with Gasteiger partial charge in [0.15, 0.2) is 0 Å². The molecule has 0 atom stereocenters. The fourth-order valence-corrected chi connectivity index (χ4v) is 0.0636. The molecule has 0 fully saturated rings. The third-order valence-electron chi connectivity index (χ3n) is 0.524. The van der Waals surface area contributed by atoms with E-state index >= 15 is 0 Å². The van der Waals surface area contributed by atoms with E-state index in [1.807, 2.05) is 5.53 Å². The summed E-state index contributed by atoms with van der Waals surface area (Å²) in [5.74, 6) is 4.75. The van der Waals surface area contributed by atoms with Gasteiger partial charge in [0.1, 0.15) is 0 Å². The van der Waals surface area contributed by atoms with Crippen molar-refractivity contribution in [3.63, 3.8) is 0 Å². The smallest absolute Gasteiger partial charge is 0.329 e. The summed E-state index contributed by atoms with van der Waals surface area (Å²) >= 11 is 0. The van der Waals surface area contributed by atoms with Crippen LogP contribution in [0.25, 0.3) is 0 Å². The predicted molar refractivity (Wildman–Crippen MR) is 24.7 cm³/mol. The summed E-state index contributed by atoms with van der Waals surface area (Å²) in [7, 11) is 1.42. The first-order valence-electron chi connectivity index (χ1n) is 1.68. The standard InChI is InChI=1S/C2H8N4O/c1-6(5-4)2(3)7/h5H,4H2,1H3,(H2,3,7). The SMILES string of the molecule is CN(NN)C(N)=O. The number of hydrazine groups is 2. The number of hydrogen-bond donors (Lipinski definition) is 3. The second-order valence-corrected chi connectivity index (χ2v) is 1.03. The first-order valence-corrected chi connectivity index (χ1v) is 1.68. The Morgan fingerprint density at radius 3 is 2.29 bits per heavy atom. The molecule has 0 bridgehead atoms. The molecule has 0 unspecified atom stereocenters. The number of urea groups is 1. The molecule has 0 aromatic rings. The Labute approximate surface area is 41.2 Å². The van der Waals surface area contributed by atoms with E-state index in [0.29, 0.717) is 0 Å². The second kappa shape index (κ2) is 2.38. The number of hydrogen-bond acceptors (Lipinski definition) is 3. The summed E-state index contributed by atoms with van der Waals surface area (Å²) in [6.45, 7) is 0. The topological polar surface area (TPSA) is 84.4 Å². The molecule has 5 nitrogen and oxygen atoms in total. The van der Waals surface area contributed by atoms with Crippen molar-refractivity contribution < 1.29 is 4.79 Å². The minimum absolute atomic E-state index is 0.609. The van der Waals surface area contributed by atoms with Crippen LogP contribution < -0.4 is 17.1 Å². The molecule has 0 aliphatic heterocycles. The average molecular weight is 104 g/mol. The molecule has 0 aliphatic carbocycles. The van der Waals surface area contributed by atoms with Gasteiger partial charge in [0.2, 0.25) is 0 Å². The van der Waals surface area contributed by atoms with E-state index < -0.39 is 6.03 Å². The van der Waals surface area contributed by atoms with Crippen LogP contribution >= 0.6 is 0 Å². The van der Waals surface area contributed by atoms with Gasteiger partial charge in [0, 0.05) is 7.05 Å². The van der Waals surface area contributed by atoms with Gasteiger partial charge >= 0.3 is 6.03 Å². The monoisotopic (exact) mass is 104 g/mol. The van der Waals surface area contributed by atoms with Crippen molar-refractivity contribution in [2.45, 2.75) is 0 Å². The quantitative estimate of drug-likeness (QED) is 0.276. The fraction of sp³-hybridized carbons (Fsp3) is 0.500. The normalized spacial score (nSPS) is 8.29. The van der Waals surface area contributed by atoms with E-state index in [4.69, 9.17) is 11.6 Å². The molecule has 42 valence electrons. The Morgan fingerprint density at radius 2 is 2.29 bits per heavy atom. The van der Waals surface area contributed by atoms with Gasteiger partial charge < -0.3 is 5.73 Å². The lowest BCUT2D eigenvalue weighted by molar-refractivity contribution is 0.198. The minimum Gasteiger partial charge on any atom is -0.350 e. The van der Waals surface area contributed by atoms with Crippen LogP contribution in [-0.4, -0.2) is 18.1 Å². The fourth-order valence-electron chi connectivity index (χ4n) is 0.0636. The molecule has 5 N–H and O–H groups in total. The summed E-state index contributed by atoms with van der Waals surface area (Å²) in [6.07, 6.45) is 0. The number of amides is 2. The molecule has 5 heteroatoms. The Balaban J connectivity index is 3.34. The zero-order valence-electron chi connectivity index (χ0n) is 4.01. The van der Waals surface area contributed by atoms with Crippen LogP contribution in [-0.2, 0) is 0 Å². The van der Waals surface area contributed by atoms with Crippen LogP contribution in [0.1, 0.15) is 0 Å². The number of carbonyl (C=O) groups excluding carboxylic acids is 1. The molecule has 0 saturated carbocycles. The first kappa shape index (κ1) is 6.19. The zero-order valence-corrected chi connectivity index (χ0v) is 4.01. The number of nitrogens with two attached hydrogens (primary N) is 2. The molecule has 0 radical (unpaired) electrons. The van der Waals surface area contributed by atoms with Crippen molar-refractivity contribution in [2.75, 3.05) is 7.05 Å². The van der Waals surface area contributed by atoms with Gasteiger partial charge in [0.05, 0.1) is 0 Å². The first-order chi connectivity index (χ1) is 3.18. The molecule has 0 aliphatic rings. The van der Waals surface area contributed by atoms with E-state index in [1.165, 1.54) is 7.05 Å². The molecular weight excluding hydrogens is 96.0 g/mol. The van der Waals surface area contributed by atoms with Gasteiger partial charge in [-0.3, -0.25) is 5.84 Å². The minimum atomic E-state index is -0.609. The van der Waals surface area contributed by atoms with E-state index in [9.17, 15) is 4.79 Å². The average Bonchev–Trinajstić information content (AvgIpc) is 1.65. The molecule has 0 heterocycles. The van der Waals surface area contributed by atoms with Crippen LogP contribution in [0.2, 0.25) is 0 Å². The maximum atomic E-state index is 9.94. The highest BCUT2D eigenvalue weighted by Gasteiger charge is 1.94. The summed E-state index contributed by atoms with van der Waals surface area (Å²) in [5.41, 5.74) is 6.71. The van der Waals surface area contributed by atoms with Gasteiger partial charge in [0.25, 0.3) is 0 Å². The van der Waals surface area contributed by atoms with Crippen LogP contribution in [0.3, 0.4) is 0 Å². The Hall–Kier alpha value is -0.810. The Kier molecular flexibility index (Phi) is 2.10. The third-order valence-corrected chi connectivity index (χ3v) is 0.524. The largest absolute Gasteiger partial charge is 0.350 e. The van der Waals surface area contributed by atoms with Crippen molar-refractivity contribution in [2.24, 2.45) is 11.6 Å². The van der Waals surface area contributed by atoms with Gasteiger partial charge in [-0.25, -0.2) is 9.80 Å². The maximum absolute atomic E-state index is 9.94. The van der Waals surface area contributed by atoms with Crippen LogP contribution in [0.5, 0.6) is 0 Å². The van der Waals surface area contributed by atoms with E-state index in [0.717, 1.165) is 5.01 Å². The van der Waals surface area contributed by atoms with Crippen LogP contribution in [0.15, 0.2) is 0 Å². The summed E-state index contributed by atoms with van der Waals surface area (Å²) in [5, 5.41) is 0.958. The molecule has 0 rings (SSSR count). The molecule has 2 amide bonds. The van der Waals surface area contributed by atoms with Crippen LogP contribution in [0, 0.1) is 0 Å². The summed E-state index contributed by atoms with van der Waals surface area (Å²) < 4.78 is 0. The van der Waals surface area contributed by atoms with E-state index in [1.54, 1.807) is 0 Å². The van der Waals surface area contributed by atoms with Crippen LogP contribution in [0.4, 0.5) is 4.79 Å². The molecule has 0 saturated heterocycles. The highest BCUT2D eigenvalue weighted by atomic mass is 16.2. The molecule has 0 spiro atoms. The van der Waals surface area contributed by atoms with Crippen molar-refractivity contribution >= 4 is 6.03 Å². The van der Waals surface area contributed by atoms with Gasteiger partial charge in [-0.2, -0.15) is 5.53 Å². The summed E-state index contributed by atoms with van der Waals surface area (Å²) in [4.78, 5) is 9.94. The second-order valence-electron chi connectivity index (χ2n) is 1.03. The zero-order chi connectivity index (χ0) is 5.86. The number of primary amides is 1. The lowest BCUT2D eigenvalue weighted by Crippen LogP contribution is -2.46. The lowest BCUT2D eigenvalue weighted by Gasteiger charge is -2.09. The third kappa shape index (κ3) is 1.96. The highest BCUT2D eigenvalue weighted by Crippen LogP contribution is 1.64. The molecule has 0 aromatic carbocycles. The molecule has 7 heavy (non-hydrogen) atoms. The molecule has 0 aromatic heterocycles.